The molecule has 0 fully saturated rings. The van der Waals surface area contributed by atoms with Crippen molar-refractivity contribution < 1.29 is 21.7 Å². The zero-order chi connectivity index (χ0) is 14.7. The summed E-state index contributed by atoms with van der Waals surface area (Å²) >= 11 is 0. The summed E-state index contributed by atoms with van der Waals surface area (Å²) < 4.78 is 0. The van der Waals surface area contributed by atoms with E-state index >= 15 is 0 Å². The van der Waals surface area contributed by atoms with Crippen LogP contribution in [0.15, 0.2) is 6.07 Å². The minimum atomic E-state index is 0. The fourth-order valence-corrected chi connectivity index (χ4v) is 2.95. The SMILES string of the molecule is CC(C)c1cc(C(C)C)[c-](CCN(C)C)c1C(C)C.[CH3-].[CH3-].[Ti+3]. The van der Waals surface area contributed by atoms with Crippen LogP contribution in [0.5, 0.6) is 0 Å². The van der Waals surface area contributed by atoms with Crippen molar-refractivity contribution in [1.29, 1.82) is 0 Å². The molecule has 127 valence electrons. The van der Waals surface area contributed by atoms with Gasteiger partial charge in [-0.1, -0.05) is 53.9 Å². The van der Waals surface area contributed by atoms with E-state index in [1.807, 2.05) is 0 Å². The maximum atomic E-state index is 2.48. The Kier molecular flexibility index (Phi) is 14.1. The third-order valence-electron chi connectivity index (χ3n) is 3.93. The molecule has 1 aromatic rings. The van der Waals surface area contributed by atoms with Crippen LogP contribution in [0.3, 0.4) is 0 Å². The zero-order valence-electron chi connectivity index (χ0n) is 16.7. The van der Waals surface area contributed by atoms with E-state index in [0.29, 0.717) is 17.8 Å². The van der Waals surface area contributed by atoms with Gasteiger partial charge in [0.15, 0.2) is 0 Å². The Morgan fingerprint density at radius 2 is 1.41 bits per heavy atom. The first kappa shape index (κ1) is 26.9. The monoisotopic (exact) mass is 340 g/mol. The number of likely N-dealkylation sites (N-methyl/N-ethyl adjacent to an activating group) is 1. The molecule has 0 bridgehead atoms. The summed E-state index contributed by atoms with van der Waals surface area (Å²) in [7, 11) is 4.33. The summed E-state index contributed by atoms with van der Waals surface area (Å²) in [5, 5.41) is 0. The van der Waals surface area contributed by atoms with E-state index in [-0.39, 0.29) is 36.6 Å². The van der Waals surface area contributed by atoms with Crippen LogP contribution < -0.4 is 0 Å². The van der Waals surface area contributed by atoms with E-state index in [0.717, 1.165) is 6.54 Å². The van der Waals surface area contributed by atoms with E-state index in [2.05, 4.69) is 66.6 Å². The van der Waals surface area contributed by atoms with Gasteiger partial charge in [0.05, 0.1) is 0 Å². The largest absolute Gasteiger partial charge is 3.00 e. The molecule has 1 aromatic carbocycles. The first-order valence-electron chi connectivity index (χ1n) is 7.72. The molecule has 0 atom stereocenters. The molecule has 22 heavy (non-hydrogen) atoms. The molecule has 0 saturated heterocycles. The fraction of sp³-hybridized carbons (Fsp3) is 0.650. The average molecular weight is 340 g/mol. The van der Waals surface area contributed by atoms with Gasteiger partial charge in [0.25, 0.3) is 0 Å². The molecule has 1 nitrogen and oxygen atoms in total. The van der Waals surface area contributed by atoms with Gasteiger partial charge in [-0.25, -0.2) is 6.07 Å². The normalized spacial score (nSPS) is 10.7. The van der Waals surface area contributed by atoms with Crippen LogP contribution >= 0.6 is 0 Å². The molecule has 1 radical (unpaired) electrons. The molecule has 0 aliphatic rings. The van der Waals surface area contributed by atoms with Crippen molar-refractivity contribution >= 4 is 0 Å². The molecule has 0 aliphatic carbocycles. The topological polar surface area (TPSA) is 3.24 Å². The van der Waals surface area contributed by atoms with E-state index in [9.17, 15) is 0 Å². The second-order valence-electron chi connectivity index (χ2n) is 6.96. The van der Waals surface area contributed by atoms with Crippen LogP contribution in [-0.2, 0) is 28.1 Å². The minimum Gasteiger partial charge on any atom is -0.358 e. The fourth-order valence-electron chi connectivity index (χ4n) is 2.95. The first-order valence-corrected chi connectivity index (χ1v) is 7.72. The number of nitrogens with zero attached hydrogens (tertiary/aromatic N) is 1. The Morgan fingerprint density at radius 1 is 0.909 bits per heavy atom. The van der Waals surface area contributed by atoms with E-state index in [1.54, 1.807) is 22.3 Å². The molecular weight excluding hydrogens is 302 g/mol. The Hall–Kier alpha value is 0.0243. The Balaban J connectivity index is -0.00000120. The molecule has 0 amide bonds. The van der Waals surface area contributed by atoms with Crippen molar-refractivity contribution in [1.82, 2.24) is 4.90 Å². The van der Waals surface area contributed by atoms with Gasteiger partial charge in [-0.05, 0) is 32.5 Å². The van der Waals surface area contributed by atoms with Crippen LogP contribution in [0.4, 0.5) is 0 Å². The molecule has 1 rings (SSSR count). The van der Waals surface area contributed by atoms with Crippen LogP contribution in [0.2, 0.25) is 0 Å². The standard InChI is InChI=1S/C18H32N.2CH3.Ti/c1-12(2)16-11-17(13(3)4)18(14(5)6)15(16)9-10-19(7)8;;;/h11-14H,9-10H2,1-8H3;2*1H3;/q3*-1;+3. The quantitative estimate of drug-likeness (QED) is 0.469. The maximum Gasteiger partial charge on any atom is 3.00 e. The van der Waals surface area contributed by atoms with Gasteiger partial charge >= 0.3 is 21.7 Å². The number of rotatable bonds is 6. The Labute approximate surface area is 156 Å². The third-order valence-corrected chi connectivity index (χ3v) is 3.93. The van der Waals surface area contributed by atoms with Crippen molar-refractivity contribution in [3.63, 3.8) is 0 Å². The predicted octanol–water partition coefficient (Wildman–Crippen LogP) is 5.78. The summed E-state index contributed by atoms with van der Waals surface area (Å²) in [6.07, 6.45) is 1.18. The number of hydrogen-bond acceptors (Lipinski definition) is 1. The van der Waals surface area contributed by atoms with Crippen LogP contribution in [0, 0.1) is 14.9 Å². The first-order chi connectivity index (χ1) is 8.75. The van der Waals surface area contributed by atoms with Crippen molar-refractivity contribution in [2.75, 3.05) is 20.6 Å². The van der Waals surface area contributed by atoms with Crippen molar-refractivity contribution in [3.05, 3.63) is 43.2 Å². The van der Waals surface area contributed by atoms with Gasteiger partial charge in [0.2, 0.25) is 0 Å². The van der Waals surface area contributed by atoms with Crippen molar-refractivity contribution in [3.8, 4) is 0 Å². The van der Waals surface area contributed by atoms with Crippen LogP contribution in [-0.4, -0.2) is 25.5 Å². The molecule has 2 heteroatoms. The van der Waals surface area contributed by atoms with Gasteiger partial charge in [-0.15, -0.1) is 5.56 Å². The summed E-state index contributed by atoms with van der Waals surface area (Å²) in [5.74, 6) is 1.88. The average Bonchev–Trinajstić information content (AvgIpc) is 2.65. The summed E-state index contributed by atoms with van der Waals surface area (Å²) in [6, 6.07) is 2.48. The number of hydrogen-bond donors (Lipinski definition) is 0. The third kappa shape index (κ3) is 6.65. The Bertz CT molecular complexity index is 400. The molecule has 0 heterocycles. The van der Waals surface area contributed by atoms with Gasteiger partial charge in [-0.2, -0.15) is 16.7 Å². The molecule has 0 saturated carbocycles. The molecule has 0 spiro atoms. The van der Waals surface area contributed by atoms with Crippen molar-refractivity contribution in [2.24, 2.45) is 0 Å². The second-order valence-corrected chi connectivity index (χ2v) is 6.96. The van der Waals surface area contributed by atoms with E-state index < -0.39 is 0 Å². The van der Waals surface area contributed by atoms with Crippen LogP contribution in [0.25, 0.3) is 0 Å². The van der Waals surface area contributed by atoms with Crippen LogP contribution in [0.1, 0.15) is 81.5 Å². The van der Waals surface area contributed by atoms with Gasteiger partial charge < -0.3 is 19.8 Å². The van der Waals surface area contributed by atoms with E-state index in [4.69, 9.17) is 0 Å². The summed E-state index contributed by atoms with van der Waals surface area (Å²) in [5.41, 5.74) is 6.41. The summed E-state index contributed by atoms with van der Waals surface area (Å²) in [4.78, 5) is 2.29. The maximum absolute atomic E-state index is 2.48. The molecule has 0 aliphatic heterocycles. The van der Waals surface area contributed by atoms with E-state index in [1.165, 1.54) is 6.42 Å². The zero-order valence-corrected chi connectivity index (χ0v) is 18.2. The molecule has 0 unspecified atom stereocenters. The molecule has 0 aromatic heterocycles. The van der Waals surface area contributed by atoms with Gasteiger partial charge in [0.1, 0.15) is 0 Å². The van der Waals surface area contributed by atoms with Gasteiger partial charge in [0, 0.05) is 0 Å². The van der Waals surface area contributed by atoms with Crippen molar-refractivity contribution in [2.45, 2.75) is 65.7 Å². The molecular formula is C20H38NTi. The van der Waals surface area contributed by atoms with Gasteiger partial charge in [-0.3, -0.25) is 0 Å². The Morgan fingerprint density at radius 3 is 1.73 bits per heavy atom. The summed E-state index contributed by atoms with van der Waals surface area (Å²) in [6.45, 7) is 15.1. The minimum absolute atomic E-state index is 0. The molecule has 0 N–H and O–H groups in total. The predicted molar refractivity (Wildman–Crippen MR) is 99.4 cm³/mol. The smallest absolute Gasteiger partial charge is 0.358 e. The second kappa shape index (κ2) is 11.5.